The van der Waals surface area contributed by atoms with E-state index in [1.165, 1.54) is 6.08 Å². The van der Waals surface area contributed by atoms with E-state index >= 15 is 0 Å². The highest BCUT2D eigenvalue weighted by atomic mass is 16.5. The summed E-state index contributed by atoms with van der Waals surface area (Å²) >= 11 is 0. The van der Waals surface area contributed by atoms with Crippen LogP contribution in [0.5, 0.6) is 5.75 Å². The number of hydrogen-bond donors (Lipinski definition) is 0. The van der Waals surface area contributed by atoms with Gasteiger partial charge in [0.25, 0.3) is 0 Å². The van der Waals surface area contributed by atoms with Crippen LogP contribution in [0.4, 0.5) is 0 Å². The molecule has 0 aromatic heterocycles. The van der Waals surface area contributed by atoms with E-state index in [2.05, 4.69) is 6.07 Å². The van der Waals surface area contributed by atoms with Crippen molar-refractivity contribution in [1.82, 2.24) is 0 Å². The van der Waals surface area contributed by atoms with E-state index in [1.807, 2.05) is 18.2 Å². The molecule has 2 aromatic carbocycles. The number of ether oxygens (including phenoxy) is 1. The lowest BCUT2D eigenvalue weighted by molar-refractivity contribution is 0.104. The van der Waals surface area contributed by atoms with Gasteiger partial charge in [0.1, 0.15) is 5.75 Å². The van der Waals surface area contributed by atoms with E-state index < -0.39 is 0 Å². The minimum absolute atomic E-state index is 0.201. The number of carbonyl (C=O) groups excluding carboxylic acids is 1. The van der Waals surface area contributed by atoms with Crippen molar-refractivity contribution in [1.29, 1.82) is 5.26 Å². The van der Waals surface area contributed by atoms with Crippen molar-refractivity contribution in [2.45, 2.75) is 0 Å². The fourth-order valence-corrected chi connectivity index (χ4v) is 1.77. The van der Waals surface area contributed by atoms with Crippen LogP contribution < -0.4 is 4.74 Å². The van der Waals surface area contributed by atoms with E-state index in [9.17, 15) is 4.79 Å². The topological polar surface area (TPSA) is 50.1 Å². The summed E-state index contributed by atoms with van der Waals surface area (Å²) in [7, 11) is 1.57. The molecule has 0 aliphatic rings. The quantitative estimate of drug-likeness (QED) is 0.482. The van der Waals surface area contributed by atoms with Gasteiger partial charge in [-0.1, -0.05) is 30.3 Å². The van der Waals surface area contributed by atoms with E-state index in [4.69, 9.17) is 10.00 Å². The Labute approximate surface area is 117 Å². The number of allylic oxidation sites excluding steroid dienone is 2. The Hall–Kier alpha value is -2.86. The third kappa shape index (κ3) is 3.12. The summed E-state index contributed by atoms with van der Waals surface area (Å²) in [4.78, 5) is 12.1. The Bertz CT molecular complexity index is 664. The molecule has 2 aromatic rings. The minimum Gasteiger partial charge on any atom is -0.497 e. The Kier molecular flexibility index (Phi) is 4.31. The fourth-order valence-electron chi connectivity index (χ4n) is 1.77. The summed E-state index contributed by atoms with van der Waals surface area (Å²) in [5.74, 6) is 0.488. The normalized spacial score (nSPS) is 10.7. The zero-order chi connectivity index (χ0) is 14.4. The molecule has 0 heterocycles. The monoisotopic (exact) mass is 263 g/mol. The van der Waals surface area contributed by atoms with Crippen LogP contribution in [-0.4, -0.2) is 12.9 Å². The molecule has 3 heteroatoms. The molecular weight excluding hydrogens is 250 g/mol. The fraction of sp³-hybridized carbons (Fsp3) is 0.0588. The molecule has 0 aliphatic carbocycles. The molecule has 0 spiro atoms. The molecule has 0 saturated carbocycles. The summed E-state index contributed by atoms with van der Waals surface area (Å²) < 4.78 is 5.04. The van der Waals surface area contributed by atoms with Gasteiger partial charge >= 0.3 is 0 Å². The lowest BCUT2D eigenvalue weighted by atomic mass is 10.0. The highest BCUT2D eigenvalue weighted by Crippen LogP contribution is 2.16. The highest BCUT2D eigenvalue weighted by Gasteiger charge is 2.06. The van der Waals surface area contributed by atoms with Crippen LogP contribution >= 0.6 is 0 Å². The number of nitriles is 1. The average molecular weight is 263 g/mol. The number of methoxy groups -OCH3 is 1. The number of nitrogens with zero attached hydrogens (tertiary/aromatic N) is 1. The van der Waals surface area contributed by atoms with Crippen molar-refractivity contribution in [2.75, 3.05) is 7.11 Å². The highest BCUT2D eigenvalue weighted by molar-refractivity contribution is 6.10. The zero-order valence-electron chi connectivity index (χ0n) is 11.0. The molecule has 20 heavy (non-hydrogen) atoms. The van der Waals surface area contributed by atoms with Crippen LogP contribution in [0.2, 0.25) is 0 Å². The van der Waals surface area contributed by atoms with Gasteiger partial charge in [0.2, 0.25) is 0 Å². The predicted octanol–water partition coefficient (Wildman–Crippen LogP) is 3.49. The largest absolute Gasteiger partial charge is 0.497 e. The van der Waals surface area contributed by atoms with E-state index in [0.717, 1.165) is 5.56 Å². The number of benzene rings is 2. The minimum atomic E-state index is -0.201. The summed E-state index contributed by atoms with van der Waals surface area (Å²) in [6, 6.07) is 18.0. The molecule has 0 unspecified atom stereocenters. The molecule has 0 amide bonds. The maximum absolute atomic E-state index is 12.1. The van der Waals surface area contributed by atoms with Crippen LogP contribution in [0.15, 0.2) is 60.7 Å². The molecule has 0 bridgehead atoms. The maximum Gasteiger partial charge on any atom is 0.187 e. The zero-order valence-corrected chi connectivity index (χ0v) is 11.0. The summed E-state index contributed by atoms with van der Waals surface area (Å²) in [5, 5.41) is 9.17. The van der Waals surface area contributed by atoms with Crippen molar-refractivity contribution >= 4 is 11.4 Å². The molecule has 2 rings (SSSR count). The maximum atomic E-state index is 12.1. The lowest BCUT2D eigenvalue weighted by Crippen LogP contribution is -1.96. The van der Waals surface area contributed by atoms with Crippen LogP contribution in [0.25, 0.3) is 5.57 Å². The molecule has 3 nitrogen and oxygen atoms in total. The van der Waals surface area contributed by atoms with Crippen molar-refractivity contribution in [3.05, 3.63) is 71.8 Å². The van der Waals surface area contributed by atoms with Crippen molar-refractivity contribution in [3.8, 4) is 11.8 Å². The van der Waals surface area contributed by atoms with Gasteiger partial charge in [0.05, 0.1) is 18.8 Å². The van der Waals surface area contributed by atoms with Gasteiger partial charge in [-0.2, -0.15) is 5.26 Å². The molecule has 0 saturated heterocycles. The van der Waals surface area contributed by atoms with Gasteiger partial charge in [-0.25, -0.2) is 0 Å². The van der Waals surface area contributed by atoms with E-state index in [-0.39, 0.29) is 5.78 Å². The predicted molar refractivity (Wildman–Crippen MR) is 77.4 cm³/mol. The van der Waals surface area contributed by atoms with Gasteiger partial charge in [-0.15, -0.1) is 0 Å². The standard InChI is InChI=1S/C17H13NO2/c1-20-16-9-7-14(8-10-16)17(19)11-15(12-18)13-5-3-2-4-6-13/h2-11H,1H3/b15-11-. The first-order valence-corrected chi connectivity index (χ1v) is 6.10. The third-order valence-electron chi connectivity index (χ3n) is 2.86. The van der Waals surface area contributed by atoms with E-state index in [0.29, 0.717) is 16.9 Å². The molecular formula is C17H13NO2. The summed E-state index contributed by atoms with van der Waals surface area (Å²) in [6.07, 6.45) is 1.36. The molecule has 0 fully saturated rings. The lowest BCUT2D eigenvalue weighted by Gasteiger charge is -2.01. The van der Waals surface area contributed by atoms with Crippen molar-refractivity contribution in [2.24, 2.45) is 0 Å². The average Bonchev–Trinajstić information content (AvgIpc) is 2.53. The molecule has 0 aliphatic heterocycles. The second kappa shape index (κ2) is 6.35. The van der Waals surface area contributed by atoms with Crippen LogP contribution in [-0.2, 0) is 0 Å². The first-order chi connectivity index (χ1) is 9.74. The van der Waals surface area contributed by atoms with Gasteiger partial charge in [-0.3, -0.25) is 4.79 Å². The van der Waals surface area contributed by atoms with Crippen molar-refractivity contribution < 1.29 is 9.53 Å². The Morgan fingerprint density at radius 3 is 2.25 bits per heavy atom. The van der Waals surface area contributed by atoms with Gasteiger partial charge < -0.3 is 4.74 Å². The SMILES string of the molecule is COc1ccc(C(=O)/C=C(/C#N)c2ccccc2)cc1. The number of carbonyl (C=O) groups is 1. The first-order valence-electron chi connectivity index (χ1n) is 6.10. The van der Waals surface area contributed by atoms with Gasteiger partial charge in [0.15, 0.2) is 5.78 Å². The van der Waals surface area contributed by atoms with E-state index in [1.54, 1.807) is 43.5 Å². The molecule has 0 atom stereocenters. The Morgan fingerprint density at radius 1 is 1.05 bits per heavy atom. The Balaban J connectivity index is 2.28. The van der Waals surface area contributed by atoms with Crippen LogP contribution in [0, 0.1) is 11.3 Å². The van der Waals surface area contributed by atoms with Crippen molar-refractivity contribution in [3.63, 3.8) is 0 Å². The molecule has 0 radical (unpaired) electrons. The number of rotatable bonds is 4. The molecule has 0 N–H and O–H groups in total. The van der Waals surface area contributed by atoms with Gasteiger partial charge in [0, 0.05) is 11.6 Å². The molecule has 98 valence electrons. The number of ketones is 1. The third-order valence-corrected chi connectivity index (χ3v) is 2.86. The number of hydrogen-bond acceptors (Lipinski definition) is 3. The smallest absolute Gasteiger partial charge is 0.187 e. The summed E-state index contributed by atoms with van der Waals surface area (Å²) in [5.41, 5.74) is 1.61. The first kappa shape index (κ1) is 13.6. The van der Waals surface area contributed by atoms with Crippen LogP contribution in [0.1, 0.15) is 15.9 Å². The Morgan fingerprint density at radius 2 is 1.70 bits per heavy atom. The summed E-state index contributed by atoms with van der Waals surface area (Å²) in [6.45, 7) is 0. The van der Waals surface area contributed by atoms with Gasteiger partial charge in [-0.05, 0) is 29.8 Å². The second-order valence-electron chi connectivity index (χ2n) is 4.13. The van der Waals surface area contributed by atoms with Crippen LogP contribution in [0.3, 0.4) is 0 Å². The second-order valence-corrected chi connectivity index (χ2v) is 4.13.